The van der Waals surface area contributed by atoms with Crippen molar-refractivity contribution >= 4 is 5.91 Å². The van der Waals surface area contributed by atoms with Crippen molar-refractivity contribution < 1.29 is 14.6 Å². The van der Waals surface area contributed by atoms with Crippen LogP contribution < -0.4 is 5.32 Å². The first-order valence-corrected chi connectivity index (χ1v) is 6.79. The van der Waals surface area contributed by atoms with Crippen LogP contribution in [0.15, 0.2) is 30.3 Å². The van der Waals surface area contributed by atoms with Crippen molar-refractivity contribution in [2.45, 2.75) is 37.9 Å². The highest BCUT2D eigenvalue weighted by Crippen LogP contribution is 2.30. The van der Waals surface area contributed by atoms with Crippen molar-refractivity contribution in [1.29, 1.82) is 0 Å². The third-order valence-corrected chi connectivity index (χ3v) is 3.48. The number of hydrogen-bond acceptors (Lipinski definition) is 3. The number of benzene rings is 1. The topological polar surface area (TPSA) is 58.6 Å². The Morgan fingerprint density at radius 2 is 2.05 bits per heavy atom. The van der Waals surface area contributed by atoms with Crippen molar-refractivity contribution in [3.05, 3.63) is 35.9 Å². The van der Waals surface area contributed by atoms with Crippen LogP contribution in [0.25, 0.3) is 0 Å². The number of carbonyl (C=O) groups excluding carboxylic acids is 1. The lowest BCUT2D eigenvalue weighted by Crippen LogP contribution is -2.47. The van der Waals surface area contributed by atoms with E-state index in [0.717, 1.165) is 24.8 Å². The third kappa shape index (κ3) is 4.65. The molecule has 0 heterocycles. The fraction of sp³-hybridized carbons (Fsp3) is 0.533. The molecule has 2 N–H and O–H groups in total. The number of rotatable bonds is 7. The highest BCUT2D eigenvalue weighted by atomic mass is 16.5. The van der Waals surface area contributed by atoms with Gasteiger partial charge in [0.2, 0.25) is 5.91 Å². The van der Waals surface area contributed by atoms with E-state index in [1.54, 1.807) is 0 Å². The molecule has 0 unspecified atom stereocenters. The second-order valence-electron chi connectivity index (χ2n) is 5.14. The second-order valence-corrected chi connectivity index (χ2v) is 5.14. The van der Waals surface area contributed by atoms with Gasteiger partial charge in [-0.2, -0.15) is 0 Å². The molecular weight excluding hydrogens is 242 g/mol. The average molecular weight is 263 g/mol. The summed E-state index contributed by atoms with van der Waals surface area (Å²) in [7, 11) is 0. The van der Waals surface area contributed by atoms with E-state index in [-0.39, 0.29) is 5.91 Å². The Hall–Kier alpha value is -1.39. The Balaban J connectivity index is 1.54. The number of carbonyl (C=O) groups is 1. The van der Waals surface area contributed by atoms with E-state index in [1.807, 2.05) is 30.3 Å². The molecular formula is C15H21NO3. The summed E-state index contributed by atoms with van der Waals surface area (Å²) in [6.07, 6.45) is 2.96. The molecule has 0 aromatic heterocycles. The highest BCUT2D eigenvalue weighted by molar-refractivity contribution is 5.76. The van der Waals surface area contributed by atoms with E-state index in [9.17, 15) is 9.90 Å². The third-order valence-electron chi connectivity index (χ3n) is 3.48. The van der Waals surface area contributed by atoms with Gasteiger partial charge in [-0.05, 0) is 24.8 Å². The SMILES string of the molecule is O=C(CCOCc1ccccc1)NCC1(O)CCC1. The molecule has 0 aliphatic heterocycles. The Morgan fingerprint density at radius 3 is 2.68 bits per heavy atom. The average Bonchev–Trinajstić information content (AvgIpc) is 2.40. The van der Waals surface area contributed by atoms with Crippen molar-refractivity contribution in [1.82, 2.24) is 5.32 Å². The maximum Gasteiger partial charge on any atom is 0.222 e. The summed E-state index contributed by atoms with van der Waals surface area (Å²) >= 11 is 0. The highest BCUT2D eigenvalue weighted by Gasteiger charge is 2.34. The summed E-state index contributed by atoms with van der Waals surface area (Å²) in [5.41, 5.74) is 0.451. The zero-order valence-corrected chi connectivity index (χ0v) is 11.1. The van der Waals surface area contributed by atoms with Gasteiger partial charge in [0.15, 0.2) is 0 Å². The Labute approximate surface area is 113 Å². The zero-order chi connectivity index (χ0) is 13.6. The molecule has 0 bridgehead atoms. The molecule has 104 valence electrons. The Morgan fingerprint density at radius 1 is 1.32 bits per heavy atom. The predicted molar refractivity (Wildman–Crippen MR) is 72.5 cm³/mol. The number of nitrogens with one attached hydrogen (secondary N) is 1. The van der Waals surface area contributed by atoms with Gasteiger partial charge < -0.3 is 15.2 Å². The van der Waals surface area contributed by atoms with Crippen LogP contribution in [0.1, 0.15) is 31.2 Å². The molecule has 4 nitrogen and oxygen atoms in total. The molecule has 1 fully saturated rings. The van der Waals surface area contributed by atoms with Crippen LogP contribution in [0.4, 0.5) is 0 Å². The monoisotopic (exact) mass is 263 g/mol. The van der Waals surface area contributed by atoms with Gasteiger partial charge >= 0.3 is 0 Å². The second kappa shape index (κ2) is 6.68. The molecule has 1 aliphatic carbocycles. The molecule has 1 saturated carbocycles. The molecule has 0 radical (unpaired) electrons. The van der Waals surface area contributed by atoms with Crippen LogP contribution >= 0.6 is 0 Å². The summed E-state index contributed by atoms with van der Waals surface area (Å²) < 4.78 is 5.44. The Kier molecular flexibility index (Phi) is 4.93. The van der Waals surface area contributed by atoms with Gasteiger partial charge in [0.05, 0.1) is 18.8 Å². The fourth-order valence-corrected chi connectivity index (χ4v) is 2.04. The number of amides is 1. The van der Waals surface area contributed by atoms with Gasteiger partial charge in [-0.3, -0.25) is 4.79 Å². The predicted octanol–water partition coefficient (Wildman–Crippen LogP) is 1.62. The van der Waals surface area contributed by atoms with Crippen molar-refractivity contribution in [2.24, 2.45) is 0 Å². The number of hydrogen-bond donors (Lipinski definition) is 2. The van der Waals surface area contributed by atoms with E-state index in [1.165, 1.54) is 0 Å². The van der Waals surface area contributed by atoms with E-state index < -0.39 is 5.60 Å². The van der Waals surface area contributed by atoms with Crippen molar-refractivity contribution in [2.75, 3.05) is 13.2 Å². The van der Waals surface area contributed by atoms with Crippen molar-refractivity contribution in [3.63, 3.8) is 0 Å². The lowest BCUT2D eigenvalue weighted by Gasteiger charge is -2.36. The molecule has 1 aromatic rings. The molecule has 2 rings (SSSR count). The summed E-state index contributed by atoms with van der Waals surface area (Å²) in [5.74, 6) is -0.0617. The number of ether oxygens (including phenoxy) is 1. The summed E-state index contributed by atoms with van der Waals surface area (Å²) in [5, 5.41) is 12.6. The van der Waals surface area contributed by atoms with Crippen LogP contribution in [0.2, 0.25) is 0 Å². The van der Waals surface area contributed by atoms with Crippen LogP contribution in [-0.4, -0.2) is 29.8 Å². The van der Waals surface area contributed by atoms with Crippen LogP contribution in [0, 0.1) is 0 Å². The fourth-order valence-electron chi connectivity index (χ4n) is 2.04. The van der Waals surface area contributed by atoms with E-state index >= 15 is 0 Å². The first-order valence-electron chi connectivity index (χ1n) is 6.79. The minimum Gasteiger partial charge on any atom is -0.388 e. The first kappa shape index (κ1) is 14.0. The lowest BCUT2D eigenvalue weighted by molar-refractivity contribution is -0.124. The molecule has 0 spiro atoms. The zero-order valence-electron chi connectivity index (χ0n) is 11.1. The normalized spacial score (nSPS) is 16.7. The van der Waals surface area contributed by atoms with Crippen LogP contribution in [0.3, 0.4) is 0 Å². The van der Waals surface area contributed by atoms with Gasteiger partial charge in [0, 0.05) is 13.0 Å². The molecule has 0 saturated heterocycles. The molecule has 1 amide bonds. The minimum atomic E-state index is -0.652. The molecule has 19 heavy (non-hydrogen) atoms. The van der Waals surface area contributed by atoms with Gasteiger partial charge in [0.1, 0.15) is 0 Å². The first-order chi connectivity index (χ1) is 9.18. The molecule has 1 aromatic carbocycles. The van der Waals surface area contributed by atoms with Gasteiger partial charge in [-0.25, -0.2) is 0 Å². The van der Waals surface area contributed by atoms with Crippen molar-refractivity contribution in [3.8, 4) is 0 Å². The van der Waals surface area contributed by atoms with Gasteiger partial charge in [-0.15, -0.1) is 0 Å². The van der Waals surface area contributed by atoms with Gasteiger partial charge in [-0.1, -0.05) is 30.3 Å². The maximum absolute atomic E-state index is 11.5. The van der Waals surface area contributed by atoms with E-state index in [4.69, 9.17) is 4.74 Å². The maximum atomic E-state index is 11.5. The van der Waals surface area contributed by atoms with E-state index in [0.29, 0.717) is 26.2 Å². The summed E-state index contributed by atoms with van der Waals surface area (Å²) in [6.45, 7) is 1.29. The quantitative estimate of drug-likeness (QED) is 0.735. The largest absolute Gasteiger partial charge is 0.388 e. The minimum absolute atomic E-state index is 0.0617. The molecule has 1 aliphatic rings. The lowest BCUT2D eigenvalue weighted by atomic mass is 9.80. The van der Waals surface area contributed by atoms with Crippen LogP contribution in [-0.2, 0) is 16.1 Å². The van der Waals surface area contributed by atoms with Crippen LogP contribution in [0.5, 0.6) is 0 Å². The summed E-state index contributed by atoms with van der Waals surface area (Å²) in [4.78, 5) is 11.5. The van der Waals surface area contributed by atoms with Gasteiger partial charge in [0.25, 0.3) is 0 Å². The Bertz CT molecular complexity index is 401. The smallest absolute Gasteiger partial charge is 0.222 e. The molecule has 4 heteroatoms. The summed E-state index contributed by atoms with van der Waals surface area (Å²) in [6, 6.07) is 9.87. The van der Waals surface area contributed by atoms with E-state index in [2.05, 4.69) is 5.32 Å². The standard InChI is InChI=1S/C15H21NO3/c17-14(16-12-15(18)8-4-9-15)7-10-19-11-13-5-2-1-3-6-13/h1-3,5-6,18H,4,7-12H2,(H,16,17). The number of aliphatic hydroxyl groups is 1. The molecule has 0 atom stereocenters.